The molecule has 5 rings (SSSR count). The molecule has 1 fully saturated rings. The van der Waals surface area contributed by atoms with Crippen LogP contribution in [0.4, 0.5) is 0 Å². The SMILES string of the molecule is O=C(NCc1n[nH]c(=S)n1C1CC1)c1ccc(-c2nc3ccccc3s2)s1. The standard InChI is InChI=1S/C18H15N5OS3/c24-16(19-9-15-21-22-18(25)23(15)10-5-6-10)13-7-8-14(26-13)17-20-11-3-1-2-4-12(11)27-17/h1-4,7-8,10H,5-6,9H2,(H,19,24)(H,22,25). The Morgan fingerprint density at radius 3 is 2.93 bits per heavy atom. The lowest BCUT2D eigenvalue weighted by Gasteiger charge is -2.05. The molecule has 1 aliphatic carbocycles. The molecule has 27 heavy (non-hydrogen) atoms. The first-order valence-electron chi connectivity index (χ1n) is 8.59. The fourth-order valence-corrected chi connectivity index (χ4v) is 5.21. The summed E-state index contributed by atoms with van der Waals surface area (Å²) in [6.45, 7) is 0.358. The Kier molecular flexibility index (Phi) is 4.14. The van der Waals surface area contributed by atoms with E-state index < -0.39 is 0 Å². The summed E-state index contributed by atoms with van der Waals surface area (Å²) in [5.74, 6) is 0.669. The Labute approximate surface area is 167 Å². The summed E-state index contributed by atoms with van der Waals surface area (Å²) in [6, 6.07) is 12.3. The van der Waals surface area contributed by atoms with E-state index in [1.54, 1.807) is 11.3 Å². The molecule has 4 aromatic rings. The lowest BCUT2D eigenvalue weighted by atomic mass is 10.3. The van der Waals surface area contributed by atoms with Gasteiger partial charge in [0, 0.05) is 6.04 Å². The average Bonchev–Trinajstić information content (AvgIpc) is 3.10. The highest BCUT2D eigenvalue weighted by Gasteiger charge is 2.27. The first-order valence-corrected chi connectivity index (χ1v) is 10.6. The number of fused-ring (bicyclic) bond motifs is 1. The summed E-state index contributed by atoms with van der Waals surface area (Å²) in [4.78, 5) is 18.9. The highest BCUT2D eigenvalue weighted by molar-refractivity contribution is 7.71. The van der Waals surface area contributed by atoms with Crippen molar-refractivity contribution in [3.63, 3.8) is 0 Å². The molecule has 0 spiro atoms. The smallest absolute Gasteiger partial charge is 0.261 e. The summed E-state index contributed by atoms with van der Waals surface area (Å²) < 4.78 is 3.78. The van der Waals surface area contributed by atoms with Crippen molar-refractivity contribution in [2.24, 2.45) is 0 Å². The molecule has 1 amide bonds. The van der Waals surface area contributed by atoms with Crippen molar-refractivity contribution in [2.45, 2.75) is 25.4 Å². The average molecular weight is 414 g/mol. The predicted molar refractivity (Wildman–Crippen MR) is 110 cm³/mol. The van der Waals surface area contributed by atoms with Gasteiger partial charge in [0.15, 0.2) is 10.6 Å². The molecule has 0 radical (unpaired) electrons. The van der Waals surface area contributed by atoms with Crippen LogP contribution in [0, 0.1) is 4.77 Å². The third-order valence-electron chi connectivity index (χ3n) is 4.43. The van der Waals surface area contributed by atoms with E-state index in [0.717, 1.165) is 38.8 Å². The second-order valence-corrected chi connectivity index (χ2v) is 8.88. The van der Waals surface area contributed by atoms with Gasteiger partial charge in [-0.05, 0) is 49.3 Å². The number of aromatic nitrogens is 4. The second-order valence-electron chi connectivity index (χ2n) is 6.38. The highest BCUT2D eigenvalue weighted by atomic mass is 32.1. The van der Waals surface area contributed by atoms with E-state index in [1.165, 1.54) is 11.3 Å². The maximum absolute atomic E-state index is 12.5. The van der Waals surface area contributed by atoms with Crippen molar-refractivity contribution in [3.8, 4) is 9.88 Å². The number of thiophene rings is 1. The van der Waals surface area contributed by atoms with Gasteiger partial charge in [-0.3, -0.25) is 14.5 Å². The molecule has 0 bridgehead atoms. The number of hydrogen-bond acceptors (Lipinski definition) is 6. The molecule has 9 heteroatoms. The lowest BCUT2D eigenvalue weighted by molar-refractivity contribution is 0.0953. The molecule has 3 aromatic heterocycles. The zero-order valence-electron chi connectivity index (χ0n) is 14.1. The summed E-state index contributed by atoms with van der Waals surface area (Å²) in [7, 11) is 0. The fraction of sp³-hybridized carbons (Fsp3) is 0.222. The number of benzene rings is 1. The van der Waals surface area contributed by atoms with Crippen LogP contribution in [0.5, 0.6) is 0 Å². The predicted octanol–water partition coefficient (Wildman–Crippen LogP) is 4.54. The fourth-order valence-electron chi connectivity index (χ4n) is 2.97. The van der Waals surface area contributed by atoms with Gasteiger partial charge in [0.1, 0.15) is 5.01 Å². The quantitative estimate of drug-likeness (QED) is 0.471. The van der Waals surface area contributed by atoms with Crippen LogP contribution in [0.2, 0.25) is 0 Å². The van der Waals surface area contributed by atoms with E-state index in [0.29, 0.717) is 22.2 Å². The molecule has 0 saturated heterocycles. The Bertz CT molecular complexity index is 1160. The summed E-state index contributed by atoms with van der Waals surface area (Å²) in [5, 5.41) is 11.0. The molecule has 0 atom stereocenters. The van der Waals surface area contributed by atoms with E-state index in [-0.39, 0.29) is 5.91 Å². The van der Waals surface area contributed by atoms with Crippen LogP contribution in [-0.2, 0) is 6.54 Å². The maximum Gasteiger partial charge on any atom is 0.261 e. The first kappa shape index (κ1) is 16.8. The number of rotatable bonds is 5. The van der Waals surface area contributed by atoms with Gasteiger partial charge in [-0.2, -0.15) is 5.10 Å². The number of nitrogens with zero attached hydrogens (tertiary/aromatic N) is 3. The molecule has 0 unspecified atom stereocenters. The molecule has 0 aliphatic heterocycles. The van der Waals surface area contributed by atoms with E-state index in [1.807, 2.05) is 34.9 Å². The Balaban J connectivity index is 1.32. The minimum atomic E-state index is -0.108. The monoisotopic (exact) mass is 413 g/mol. The van der Waals surface area contributed by atoms with Crippen LogP contribution in [0.1, 0.15) is 34.4 Å². The number of H-pyrrole nitrogens is 1. The van der Waals surface area contributed by atoms with Crippen molar-refractivity contribution >= 4 is 51.0 Å². The van der Waals surface area contributed by atoms with Crippen molar-refractivity contribution in [2.75, 3.05) is 0 Å². The van der Waals surface area contributed by atoms with Gasteiger partial charge in [-0.25, -0.2) is 4.98 Å². The Morgan fingerprint density at radius 1 is 1.26 bits per heavy atom. The van der Waals surface area contributed by atoms with E-state index in [2.05, 4.69) is 26.6 Å². The van der Waals surface area contributed by atoms with Crippen molar-refractivity contribution < 1.29 is 4.79 Å². The number of hydrogen-bond donors (Lipinski definition) is 2. The molecule has 2 N–H and O–H groups in total. The summed E-state index contributed by atoms with van der Waals surface area (Å²) >= 11 is 8.37. The Hall–Kier alpha value is -2.36. The molecule has 136 valence electrons. The molecule has 1 aliphatic rings. The van der Waals surface area contributed by atoms with Gasteiger partial charge in [0.2, 0.25) is 0 Å². The first-order chi connectivity index (χ1) is 13.2. The zero-order chi connectivity index (χ0) is 18.4. The number of para-hydroxylation sites is 1. The molecule has 3 heterocycles. The van der Waals surface area contributed by atoms with Crippen LogP contribution < -0.4 is 5.32 Å². The molecular formula is C18H15N5OS3. The molecule has 1 aromatic carbocycles. The van der Waals surface area contributed by atoms with Gasteiger partial charge in [0.25, 0.3) is 5.91 Å². The number of thiazole rings is 1. The van der Waals surface area contributed by atoms with E-state index in [9.17, 15) is 4.79 Å². The normalized spacial score (nSPS) is 13.9. The summed E-state index contributed by atoms with van der Waals surface area (Å²) in [6.07, 6.45) is 2.23. The number of aromatic amines is 1. The number of carbonyl (C=O) groups is 1. The minimum Gasteiger partial charge on any atom is -0.344 e. The minimum absolute atomic E-state index is 0.108. The zero-order valence-corrected chi connectivity index (χ0v) is 16.6. The van der Waals surface area contributed by atoms with Crippen LogP contribution >= 0.6 is 34.9 Å². The second kappa shape index (κ2) is 6.66. The van der Waals surface area contributed by atoms with Crippen molar-refractivity contribution in [3.05, 3.63) is 51.9 Å². The molecule has 1 saturated carbocycles. The third-order valence-corrected chi connectivity index (χ3v) is 7.01. The van der Waals surface area contributed by atoms with E-state index in [4.69, 9.17) is 12.2 Å². The van der Waals surface area contributed by atoms with Crippen molar-refractivity contribution in [1.82, 2.24) is 25.1 Å². The van der Waals surface area contributed by atoms with Gasteiger partial charge >= 0.3 is 0 Å². The maximum atomic E-state index is 12.5. The number of amides is 1. The van der Waals surface area contributed by atoms with Crippen LogP contribution in [0.25, 0.3) is 20.1 Å². The topological polar surface area (TPSA) is 75.6 Å². The largest absolute Gasteiger partial charge is 0.344 e. The number of nitrogens with one attached hydrogen (secondary N) is 2. The van der Waals surface area contributed by atoms with Crippen LogP contribution in [0.3, 0.4) is 0 Å². The highest BCUT2D eigenvalue weighted by Crippen LogP contribution is 2.36. The number of carbonyl (C=O) groups excluding carboxylic acids is 1. The summed E-state index contributed by atoms with van der Waals surface area (Å²) in [5.41, 5.74) is 0.986. The Morgan fingerprint density at radius 2 is 2.11 bits per heavy atom. The lowest BCUT2D eigenvalue weighted by Crippen LogP contribution is -2.23. The van der Waals surface area contributed by atoms with Crippen LogP contribution in [-0.4, -0.2) is 25.7 Å². The van der Waals surface area contributed by atoms with Gasteiger partial charge in [-0.15, -0.1) is 22.7 Å². The van der Waals surface area contributed by atoms with Crippen LogP contribution in [0.15, 0.2) is 36.4 Å². The van der Waals surface area contributed by atoms with E-state index >= 15 is 0 Å². The van der Waals surface area contributed by atoms with Gasteiger partial charge < -0.3 is 5.32 Å². The van der Waals surface area contributed by atoms with Gasteiger partial charge in [-0.1, -0.05) is 12.1 Å². The van der Waals surface area contributed by atoms with Gasteiger partial charge in [0.05, 0.1) is 26.5 Å². The third kappa shape index (κ3) is 3.22. The molecular weight excluding hydrogens is 398 g/mol. The van der Waals surface area contributed by atoms with Crippen molar-refractivity contribution in [1.29, 1.82) is 0 Å². The molecule has 6 nitrogen and oxygen atoms in total.